The summed E-state index contributed by atoms with van der Waals surface area (Å²) in [5.41, 5.74) is 2.56. The number of halogens is 2. The molecule has 0 saturated carbocycles. The highest BCUT2D eigenvalue weighted by atomic mass is 35.5. The van der Waals surface area contributed by atoms with Gasteiger partial charge in [0.1, 0.15) is 5.75 Å². The highest BCUT2D eigenvalue weighted by Gasteiger charge is 2.54. The number of fused-ring (bicyclic) bond motifs is 1. The van der Waals surface area contributed by atoms with E-state index in [0.29, 0.717) is 33.6 Å². The number of rotatable bonds is 6. The first kappa shape index (κ1) is 25.8. The molecule has 192 valence electrons. The lowest BCUT2D eigenvalue weighted by molar-refractivity contribution is -0.126. The topological polar surface area (TPSA) is 61.9 Å². The first-order valence-electron chi connectivity index (χ1n) is 12.0. The zero-order valence-corrected chi connectivity index (χ0v) is 22.3. The van der Waals surface area contributed by atoms with E-state index in [4.69, 9.17) is 27.9 Å². The predicted molar refractivity (Wildman–Crippen MR) is 151 cm³/mol. The van der Waals surface area contributed by atoms with Gasteiger partial charge in [-0.05, 0) is 68.2 Å². The minimum absolute atomic E-state index is 0.124. The quantitative estimate of drug-likeness (QED) is 0.284. The van der Waals surface area contributed by atoms with E-state index in [1.807, 2.05) is 67.5 Å². The van der Waals surface area contributed by atoms with Crippen molar-refractivity contribution in [2.24, 2.45) is 0 Å². The number of carbonyl (C=O) groups is 2. The highest BCUT2D eigenvalue weighted by Crippen LogP contribution is 2.50. The van der Waals surface area contributed by atoms with Crippen molar-refractivity contribution in [3.63, 3.8) is 0 Å². The molecule has 0 spiro atoms. The first-order valence-corrected chi connectivity index (χ1v) is 12.7. The normalized spacial score (nSPS) is 16.4. The number of ether oxygens (including phenoxy) is 1. The van der Waals surface area contributed by atoms with Crippen LogP contribution in [0.5, 0.6) is 5.75 Å². The lowest BCUT2D eigenvalue weighted by atomic mass is 9.82. The fraction of sp³-hybridized carbons (Fsp3) is 0.133. The maximum absolute atomic E-state index is 14.3. The van der Waals surface area contributed by atoms with E-state index in [2.05, 4.69) is 5.32 Å². The van der Waals surface area contributed by atoms with Gasteiger partial charge in [-0.2, -0.15) is 0 Å². The standard InChI is InChI=1S/C30H25Cl2N3O3/c1-34(2)30(24-10-6-7-11-26(24)32)25-18-21(31)14-17-27(25)35(28(30)36)19-20-12-15-22(16-13-20)33-29(37)38-23-8-4-3-5-9-23/h3-18H,19H2,1-2H3,(H,33,37). The average molecular weight is 546 g/mol. The molecule has 0 aromatic heterocycles. The van der Waals surface area contributed by atoms with E-state index in [0.717, 1.165) is 16.8 Å². The molecule has 1 unspecified atom stereocenters. The summed E-state index contributed by atoms with van der Waals surface area (Å²) < 4.78 is 5.29. The van der Waals surface area contributed by atoms with Gasteiger partial charge < -0.3 is 9.64 Å². The van der Waals surface area contributed by atoms with Crippen molar-refractivity contribution >= 4 is 46.6 Å². The summed E-state index contributed by atoms with van der Waals surface area (Å²) in [6, 6.07) is 29.0. The van der Waals surface area contributed by atoms with Gasteiger partial charge >= 0.3 is 6.09 Å². The van der Waals surface area contributed by atoms with Crippen molar-refractivity contribution in [1.82, 2.24) is 4.90 Å². The zero-order chi connectivity index (χ0) is 26.9. The van der Waals surface area contributed by atoms with Gasteiger partial charge in [0.05, 0.1) is 12.2 Å². The number of hydrogen-bond acceptors (Lipinski definition) is 4. The van der Waals surface area contributed by atoms with E-state index in [1.165, 1.54) is 0 Å². The Morgan fingerprint density at radius 3 is 2.26 bits per heavy atom. The fourth-order valence-electron chi connectivity index (χ4n) is 4.91. The first-order chi connectivity index (χ1) is 18.3. The SMILES string of the molecule is CN(C)C1(c2ccccc2Cl)C(=O)N(Cc2ccc(NC(=O)Oc3ccccc3)cc2)c2ccc(Cl)cc21. The summed E-state index contributed by atoms with van der Waals surface area (Å²) in [5.74, 6) is 0.331. The smallest absolute Gasteiger partial charge is 0.410 e. The third-order valence-corrected chi connectivity index (χ3v) is 7.19. The molecule has 1 heterocycles. The Labute approximate surface area is 231 Å². The van der Waals surface area contributed by atoms with Crippen LogP contribution >= 0.6 is 23.2 Å². The fourth-order valence-corrected chi connectivity index (χ4v) is 5.36. The largest absolute Gasteiger partial charge is 0.417 e. The average Bonchev–Trinajstić information content (AvgIpc) is 3.13. The molecular formula is C30H25Cl2N3O3. The number of nitrogens with zero attached hydrogens (tertiary/aromatic N) is 2. The Kier molecular flexibility index (Phi) is 7.13. The molecule has 1 atom stereocenters. The van der Waals surface area contributed by atoms with Crippen LogP contribution in [-0.4, -0.2) is 31.0 Å². The van der Waals surface area contributed by atoms with Crippen LogP contribution in [0.3, 0.4) is 0 Å². The molecule has 38 heavy (non-hydrogen) atoms. The molecule has 5 rings (SSSR count). The minimum Gasteiger partial charge on any atom is -0.410 e. The van der Waals surface area contributed by atoms with Crippen LogP contribution in [0.4, 0.5) is 16.2 Å². The molecule has 1 N–H and O–H groups in total. The summed E-state index contributed by atoms with van der Waals surface area (Å²) in [6.07, 6.45) is -0.583. The molecule has 4 aromatic carbocycles. The lowest BCUT2D eigenvalue weighted by Gasteiger charge is -2.36. The molecule has 0 aliphatic carbocycles. The molecule has 8 heteroatoms. The Bertz CT molecular complexity index is 1490. The van der Waals surface area contributed by atoms with Crippen molar-refractivity contribution in [2.45, 2.75) is 12.1 Å². The van der Waals surface area contributed by atoms with Crippen LogP contribution in [0.25, 0.3) is 0 Å². The van der Waals surface area contributed by atoms with Crippen molar-refractivity contribution in [1.29, 1.82) is 0 Å². The van der Waals surface area contributed by atoms with Gasteiger partial charge in [0.2, 0.25) is 0 Å². The molecule has 2 amide bonds. The van der Waals surface area contributed by atoms with Crippen molar-refractivity contribution in [2.75, 3.05) is 24.3 Å². The minimum atomic E-state index is -1.14. The molecule has 1 aliphatic rings. The lowest BCUT2D eigenvalue weighted by Crippen LogP contribution is -2.50. The van der Waals surface area contributed by atoms with E-state index in [9.17, 15) is 9.59 Å². The van der Waals surface area contributed by atoms with Crippen LogP contribution in [0.2, 0.25) is 10.0 Å². The van der Waals surface area contributed by atoms with Gasteiger partial charge in [0.25, 0.3) is 5.91 Å². The molecule has 4 aromatic rings. The van der Waals surface area contributed by atoms with Gasteiger partial charge in [-0.3, -0.25) is 15.0 Å². The summed E-state index contributed by atoms with van der Waals surface area (Å²) in [4.78, 5) is 30.2. The van der Waals surface area contributed by atoms with E-state index >= 15 is 0 Å². The van der Waals surface area contributed by atoms with Crippen molar-refractivity contribution in [3.8, 4) is 5.75 Å². The number of benzene rings is 4. The van der Waals surface area contributed by atoms with Crippen LogP contribution < -0.4 is 15.0 Å². The zero-order valence-electron chi connectivity index (χ0n) is 20.8. The summed E-state index contributed by atoms with van der Waals surface area (Å²) >= 11 is 13.1. The molecule has 0 radical (unpaired) electrons. The monoisotopic (exact) mass is 545 g/mol. The Hall–Kier alpha value is -3.84. The number of carbonyl (C=O) groups excluding carboxylic acids is 2. The number of nitrogens with one attached hydrogen (secondary N) is 1. The second kappa shape index (κ2) is 10.5. The third kappa shape index (κ3) is 4.63. The van der Waals surface area contributed by atoms with E-state index < -0.39 is 11.6 Å². The molecule has 0 bridgehead atoms. The van der Waals surface area contributed by atoms with E-state index in [-0.39, 0.29) is 5.91 Å². The van der Waals surface area contributed by atoms with Crippen molar-refractivity contribution in [3.05, 3.63) is 124 Å². The number of likely N-dealkylation sites (N-methyl/N-ethyl adjacent to an activating group) is 1. The van der Waals surface area contributed by atoms with Crippen LogP contribution in [0.1, 0.15) is 16.7 Å². The van der Waals surface area contributed by atoms with Crippen molar-refractivity contribution < 1.29 is 14.3 Å². The van der Waals surface area contributed by atoms with Crippen LogP contribution in [0, 0.1) is 0 Å². The van der Waals surface area contributed by atoms with Gasteiger partial charge in [0.15, 0.2) is 5.54 Å². The van der Waals surface area contributed by atoms with E-state index in [1.54, 1.807) is 53.4 Å². The molecule has 6 nitrogen and oxygen atoms in total. The predicted octanol–water partition coefficient (Wildman–Crippen LogP) is 6.96. The summed E-state index contributed by atoms with van der Waals surface area (Å²) in [6.45, 7) is 0.322. The van der Waals surface area contributed by atoms with Gasteiger partial charge in [-0.1, -0.05) is 71.7 Å². The van der Waals surface area contributed by atoms with Gasteiger partial charge in [-0.15, -0.1) is 0 Å². The second-order valence-corrected chi connectivity index (χ2v) is 10.0. The number of amides is 2. The maximum atomic E-state index is 14.3. The highest BCUT2D eigenvalue weighted by molar-refractivity contribution is 6.32. The van der Waals surface area contributed by atoms with Crippen LogP contribution in [-0.2, 0) is 16.9 Å². The second-order valence-electron chi connectivity index (χ2n) is 9.16. The molecular weight excluding hydrogens is 521 g/mol. The number of hydrogen-bond donors (Lipinski definition) is 1. The molecule has 0 fully saturated rings. The summed E-state index contributed by atoms with van der Waals surface area (Å²) in [7, 11) is 3.73. The van der Waals surface area contributed by atoms with Crippen LogP contribution in [0.15, 0.2) is 97.1 Å². The number of para-hydroxylation sites is 1. The third-order valence-electron chi connectivity index (χ3n) is 6.62. The number of anilines is 2. The summed E-state index contributed by atoms with van der Waals surface area (Å²) in [5, 5.41) is 3.76. The Balaban J connectivity index is 1.43. The molecule has 0 saturated heterocycles. The molecule has 1 aliphatic heterocycles. The Morgan fingerprint density at radius 1 is 0.895 bits per heavy atom. The van der Waals surface area contributed by atoms with Gasteiger partial charge in [0, 0.05) is 26.9 Å². The Morgan fingerprint density at radius 2 is 1.58 bits per heavy atom. The maximum Gasteiger partial charge on any atom is 0.417 e. The van der Waals surface area contributed by atoms with Gasteiger partial charge in [-0.25, -0.2) is 4.79 Å².